The molecule has 0 aromatic heterocycles. The van der Waals surface area contributed by atoms with E-state index in [4.69, 9.17) is 9.47 Å². The maximum Gasteiger partial charge on any atom is 0.244 e. The molecule has 1 fully saturated rings. The number of hydrogen-bond acceptors (Lipinski definition) is 6. The van der Waals surface area contributed by atoms with Crippen LogP contribution in [-0.4, -0.2) is 50.8 Å². The van der Waals surface area contributed by atoms with Crippen molar-refractivity contribution in [2.45, 2.75) is 11.4 Å². The minimum absolute atomic E-state index is 0.0503. The van der Waals surface area contributed by atoms with Gasteiger partial charge in [-0.05, 0) is 18.2 Å². The van der Waals surface area contributed by atoms with E-state index in [2.05, 4.69) is 0 Å². The van der Waals surface area contributed by atoms with Crippen LogP contribution in [-0.2, 0) is 16.6 Å². The number of quaternary nitrogens is 1. The quantitative estimate of drug-likeness (QED) is 0.751. The van der Waals surface area contributed by atoms with Crippen LogP contribution in [0.15, 0.2) is 41.3 Å². The molecule has 0 atom stereocenters. The number of aromatic hydroxyl groups is 1. The molecule has 0 bridgehead atoms. The zero-order chi connectivity index (χ0) is 19.7. The van der Waals surface area contributed by atoms with Crippen molar-refractivity contribution in [2.24, 2.45) is 0 Å². The fourth-order valence-electron chi connectivity index (χ4n) is 3.53. The van der Waals surface area contributed by atoms with Crippen molar-refractivity contribution in [2.75, 3.05) is 33.0 Å². The molecule has 0 unspecified atom stereocenters. The summed E-state index contributed by atoms with van der Waals surface area (Å²) < 4.78 is 37.9. The van der Waals surface area contributed by atoms with Crippen LogP contribution in [0, 0.1) is 11.3 Å². The van der Waals surface area contributed by atoms with E-state index in [1.54, 1.807) is 24.3 Å². The molecule has 146 valence electrons. The van der Waals surface area contributed by atoms with Crippen LogP contribution >= 0.6 is 0 Å². The smallest absolute Gasteiger partial charge is 0.244 e. The Morgan fingerprint density at radius 3 is 2.54 bits per heavy atom. The van der Waals surface area contributed by atoms with Crippen LogP contribution in [0.25, 0.3) is 0 Å². The first-order valence-corrected chi connectivity index (χ1v) is 10.4. The first-order chi connectivity index (χ1) is 13.5. The lowest BCUT2D eigenvalue weighted by molar-refractivity contribution is -0.917. The predicted molar refractivity (Wildman–Crippen MR) is 98.5 cm³/mol. The lowest BCUT2D eigenvalue weighted by Gasteiger charge is -2.31. The number of hydrogen-bond donors (Lipinski definition) is 2. The van der Waals surface area contributed by atoms with Crippen molar-refractivity contribution >= 4 is 10.0 Å². The largest absolute Gasteiger partial charge is 0.507 e. The molecular weight excluding hydrogens is 382 g/mol. The van der Waals surface area contributed by atoms with E-state index < -0.39 is 10.0 Å². The number of piperazine rings is 1. The van der Waals surface area contributed by atoms with Crippen LogP contribution in [0.5, 0.6) is 17.2 Å². The van der Waals surface area contributed by atoms with Crippen LogP contribution in [0.1, 0.15) is 11.1 Å². The Hall–Kier alpha value is -2.80. The fourth-order valence-corrected chi connectivity index (χ4v) is 5.11. The molecule has 9 heteroatoms. The van der Waals surface area contributed by atoms with Crippen LogP contribution < -0.4 is 14.4 Å². The molecule has 0 spiro atoms. The number of nitrogens with one attached hydrogen (secondary N) is 1. The van der Waals surface area contributed by atoms with E-state index in [0.29, 0.717) is 44.2 Å². The molecular formula is C19H20N3O5S+. The SMILES string of the molecule is N#Cc1ccccc1S(=O)(=O)N1CC[NH+](Cc2cc3c(cc2O)OCO3)CC1. The summed E-state index contributed by atoms with van der Waals surface area (Å²) in [6.45, 7) is 2.60. The third kappa shape index (κ3) is 3.38. The third-order valence-corrected chi connectivity index (χ3v) is 7.03. The predicted octanol–water partition coefficient (Wildman–Crippen LogP) is 0.0820. The third-order valence-electron chi connectivity index (χ3n) is 5.07. The van der Waals surface area contributed by atoms with Crippen molar-refractivity contribution in [3.63, 3.8) is 0 Å². The topological polar surface area (TPSA) is 104 Å². The standard InChI is InChI=1S/C19H19N3O5S/c20-11-14-3-1-2-4-19(14)28(24,25)22-7-5-21(6-8-22)12-15-9-17-18(10-16(15)23)27-13-26-17/h1-4,9-10,23H,5-8,12-13H2/p+1. The Kier molecular flexibility index (Phi) is 4.85. The average Bonchev–Trinajstić information content (AvgIpc) is 3.15. The number of nitriles is 1. The summed E-state index contributed by atoms with van der Waals surface area (Å²) in [5.74, 6) is 1.29. The van der Waals surface area contributed by atoms with E-state index in [1.165, 1.54) is 16.4 Å². The van der Waals surface area contributed by atoms with E-state index >= 15 is 0 Å². The molecule has 8 nitrogen and oxygen atoms in total. The number of phenols is 1. The van der Waals surface area contributed by atoms with Gasteiger partial charge >= 0.3 is 0 Å². The molecule has 2 aliphatic heterocycles. The molecule has 2 heterocycles. The van der Waals surface area contributed by atoms with Crippen LogP contribution in [0.2, 0.25) is 0 Å². The Morgan fingerprint density at radius 2 is 1.82 bits per heavy atom. The van der Waals surface area contributed by atoms with E-state index in [1.807, 2.05) is 6.07 Å². The minimum Gasteiger partial charge on any atom is -0.507 e. The monoisotopic (exact) mass is 402 g/mol. The number of fused-ring (bicyclic) bond motifs is 1. The highest BCUT2D eigenvalue weighted by atomic mass is 32.2. The van der Waals surface area contributed by atoms with Crippen molar-refractivity contribution < 1.29 is 27.9 Å². The molecule has 2 aromatic rings. The lowest BCUT2D eigenvalue weighted by Crippen LogP contribution is -3.13. The molecule has 0 aliphatic carbocycles. The Balaban J connectivity index is 1.45. The summed E-state index contributed by atoms with van der Waals surface area (Å²) in [6.07, 6.45) is 0. The summed E-state index contributed by atoms with van der Waals surface area (Å²) in [5.41, 5.74) is 0.896. The van der Waals surface area contributed by atoms with E-state index in [0.717, 1.165) is 10.5 Å². The molecule has 0 saturated carbocycles. The van der Waals surface area contributed by atoms with Gasteiger partial charge in [0.15, 0.2) is 11.5 Å². The van der Waals surface area contributed by atoms with Crippen molar-refractivity contribution in [1.29, 1.82) is 5.26 Å². The summed E-state index contributed by atoms with van der Waals surface area (Å²) in [4.78, 5) is 1.21. The van der Waals surface area contributed by atoms with Gasteiger partial charge in [-0.1, -0.05) is 12.1 Å². The van der Waals surface area contributed by atoms with Crippen LogP contribution in [0.4, 0.5) is 0 Å². The zero-order valence-electron chi connectivity index (χ0n) is 15.1. The summed E-state index contributed by atoms with van der Waals surface area (Å²) in [6, 6.07) is 11.5. The van der Waals surface area contributed by atoms with Gasteiger partial charge in [0.2, 0.25) is 16.8 Å². The highest BCUT2D eigenvalue weighted by Gasteiger charge is 2.32. The highest BCUT2D eigenvalue weighted by molar-refractivity contribution is 7.89. The number of benzene rings is 2. The first kappa shape index (κ1) is 18.6. The van der Waals surface area contributed by atoms with Gasteiger partial charge in [-0.2, -0.15) is 9.57 Å². The Labute approximate surface area is 163 Å². The van der Waals surface area contributed by atoms with Gasteiger partial charge in [0.1, 0.15) is 18.4 Å². The number of ether oxygens (including phenoxy) is 2. The molecule has 2 aromatic carbocycles. The van der Waals surface area contributed by atoms with Gasteiger partial charge in [-0.25, -0.2) is 8.42 Å². The maximum absolute atomic E-state index is 12.9. The van der Waals surface area contributed by atoms with Crippen molar-refractivity contribution in [3.05, 3.63) is 47.5 Å². The molecule has 2 aliphatic rings. The van der Waals surface area contributed by atoms with Gasteiger partial charge in [-0.3, -0.25) is 0 Å². The second-order valence-electron chi connectivity index (χ2n) is 6.77. The summed E-state index contributed by atoms with van der Waals surface area (Å²) >= 11 is 0. The maximum atomic E-state index is 12.9. The number of nitrogens with zero attached hydrogens (tertiary/aromatic N) is 2. The average molecular weight is 402 g/mol. The molecule has 0 amide bonds. The van der Waals surface area contributed by atoms with Crippen molar-refractivity contribution in [1.82, 2.24) is 4.31 Å². The lowest BCUT2D eigenvalue weighted by atomic mass is 10.1. The van der Waals surface area contributed by atoms with Gasteiger partial charge in [0, 0.05) is 6.07 Å². The number of phenolic OH excluding ortho intramolecular Hbond substituents is 1. The van der Waals surface area contributed by atoms with Gasteiger partial charge in [-0.15, -0.1) is 0 Å². The second kappa shape index (κ2) is 7.31. The fraction of sp³-hybridized carbons (Fsp3) is 0.316. The van der Waals surface area contributed by atoms with Gasteiger partial charge in [0.25, 0.3) is 0 Å². The molecule has 28 heavy (non-hydrogen) atoms. The Bertz CT molecular complexity index is 1040. The summed E-state index contributed by atoms with van der Waals surface area (Å²) in [7, 11) is -3.71. The summed E-state index contributed by atoms with van der Waals surface area (Å²) in [5, 5.41) is 19.4. The van der Waals surface area contributed by atoms with E-state index in [9.17, 15) is 18.8 Å². The van der Waals surface area contributed by atoms with E-state index in [-0.39, 0.29) is 23.0 Å². The molecule has 0 radical (unpaired) electrons. The number of rotatable bonds is 4. The van der Waals surface area contributed by atoms with Gasteiger partial charge < -0.3 is 19.5 Å². The van der Waals surface area contributed by atoms with Crippen molar-refractivity contribution in [3.8, 4) is 23.3 Å². The van der Waals surface area contributed by atoms with Crippen LogP contribution in [0.3, 0.4) is 0 Å². The van der Waals surface area contributed by atoms with Gasteiger partial charge in [0.05, 0.1) is 42.2 Å². The second-order valence-corrected chi connectivity index (χ2v) is 8.68. The normalized spacial score (nSPS) is 17.4. The number of sulfonamides is 1. The zero-order valence-corrected chi connectivity index (χ0v) is 15.9. The molecule has 4 rings (SSSR count). The first-order valence-electron chi connectivity index (χ1n) is 8.93. The highest BCUT2D eigenvalue weighted by Crippen LogP contribution is 2.37. The Morgan fingerprint density at radius 1 is 1.14 bits per heavy atom. The molecule has 1 saturated heterocycles. The molecule has 2 N–H and O–H groups in total. The minimum atomic E-state index is -3.71.